The first kappa shape index (κ1) is 18.8. The molecule has 0 unspecified atom stereocenters. The Kier molecular flexibility index (Phi) is 6.11. The molecule has 0 atom stereocenters. The molecule has 0 aliphatic heterocycles. The van der Waals surface area contributed by atoms with Crippen LogP contribution in [0.4, 0.5) is 4.39 Å². The Morgan fingerprint density at radius 2 is 1.86 bits per heavy atom. The number of halogens is 1. The summed E-state index contributed by atoms with van der Waals surface area (Å²) in [7, 11) is 0. The van der Waals surface area contributed by atoms with Crippen LogP contribution >= 0.6 is 0 Å². The van der Waals surface area contributed by atoms with E-state index < -0.39 is 11.7 Å². The lowest BCUT2D eigenvalue weighted by molar-refractivity contribution is 0.0951. The van der Waals surface area contributed by atoms with Gasteiger partial charge in [-0.25, -0.2) is 9.82 Å². The van der Waals surface area contributed by atoms with E-state index in [4.69, 9.17) is 10.00 Å². The number of hydrazone groups is 1. The number of ether oxygens (including phenoxy) is 1. The predicted octanol–water partition coefficient (Wildman–Crippen LogP) is 4.04. The molecule has 0 fully saturated rings. The lowest BCUT2D eigenvalue weighted by Crippen LogP contribution is -2.19. The smallest absolute Gasteiger partial charge is 0.274 e. The summed E-state index contributed by atoms with van der Waals surface area (Å²) in [4.78, 5) is 12.1. The van der Waals surface area contributed by atoms with Gasteiger partial charge in [-0.2, -0.15) is 10.4 Å². The fourth-order valence-electron chi connectivity index (χ4n) is 2.44. The SMILES string of the molecule is N#Cc1ccc(C(=O)N/N=C\c2ccccc2OCc2ccccc2)c(F)c1. The van der Waals surface area contributed by atoms with E-state index in [2.05, 4.69) is 10.5 Å². The highest BCUT2D eigenvalue weighted by atomic mass is 19.1. The van der Waals surface area contributed by atoms with Gasteiger partial charge in [-0.3, -0.25) is 4.79 Å². The molecule has 3 aromatic rings. The number of hydrogen-bond donors (Lipinski definition) is 1. The molecule has 0 bridgehead atoms. The number of nitriles is 1. The highest BCUT2D eigenvalue weighted by Crippen LogP contribution is 2.17. The van der Waals surface area contributed by atoms with Crippen molar-refractivity contribution in [2.75, 3.05) is 0 Å². The molecule has 1 amide bonds. The summed E-state index contributed by atoms with van der Waals surface area (Å²) in [6.07, 6.45) is 1.43. The largest absolute Gasteiger partial charge is 0.488 e. The van der Waals surface area contributed by atoms with Crippen LogP contribution in [0.3, 0.4) is 0 Å². The maximum Gasteiger partial charge on any atom is 0.274 e. The van der Waals surface area contributed by atoms with Gasteiger partial charge in [-0.1, -0.05) is 42.5 Å². The van der Waals surface area contributed by atoms with Crippen molar-refractivity contribution in [3.63, 3.8) is 0 Å². The second kappa shape index (κ2) is 9.10. The maximum atomic E-state index is 13.9. The Balaban J connectivity index is 1.66. The minimum Gasteiger partial charge on any atom is -0.488 e. The van der Waals surface area contributed by atoms with Crippen molar-refractivity contribution in [3.8, 4) is 11.8 Å². The molecule has 0 radical (unpaired) electrons. The summed E-state index contributed by atoms with van der Waals surface area (Å²) in [6.45, 7) is 0.397. The van der Waals surface area contributed by atoms with E-state index >= 15 is 0 Å². The molecular weight excluding hydrogens is 357 g/mol. The zero-order valence-electron chi connectivity index (χ0n) is 14.8. The molecule has 0 heterocycles. The van der Waals surface area contributed by atoms with Crippen LogP contribution in [0.2, 0.25) is 0 Å². The van der Waals surface area contributed by atoms with Crippen LogP contribution in [0.25, 0.3) is 0 Å². The maximum absolute atomic E-state index is 13.9. The fourth-order valence-corrected chi connectivity index (χ4v) is 2.44. The Morgan fingerprint density at radius 1 is 1.11 bits per heavy atom. The second-order valence-electron chi connectivity index (χ2n) is 5.82. The van der Waals surface area contributed by atoms with E-state index in [0.29, 0.717) is 17.9 Å². The number of carbonyl (C=O) groups excluding carboxylic acids is 1. The van der Waals surface area contributed by atoms with Crippen LogP contribution in [0.5, 0.6) is 5.75 Å². The van der Waals surface area contributed by atoms with Crippen LogP contribution < -0.4 is 10.2 Å². The molecule has 5 nitrogen and oxygen atoms in total. The highest BCUT2D eigenvalue weighted by Gasteiger charge is 2.11. The minimum atomic E-state index is -0.779. The number of hydrogen-bond acceptors (Lipinski definition) is 4. The Labute approximate surface area is 161 Å². The van der Waals surface area contributed by atoms with Crippen molar-refractivity contribution in [3.05, 3.63) is 101 Å². The molecular formula is C22H16FN3O2. The molecule has 1 N–H and O–H groups in total. The lowest BCUT2D eigenvalue weighted by Gasteiger charge is -2.09. The van der Waals surface area contributed by atoms with Crippen molar-refractivity contribution < 1.29 is 13.9 Å². The van der Waals surface area contributed by atoms with E-state index in [0.717, 1.165) is 11.6 Å². The third-order valence-corrected chi connectivity index (χ3v) is 3.87. The number of rotatable bonds is 6. The molecule has 28 heavy (non-hydrogen) atoms. The minimum absolute atomic E-state index is 0.141. The number of benzene rings is 3. The quantitative estimate of drug-likeness (QED) is 0.523. The summed E-state index contributed by atoms with van der Waals surface area (Å²) in [6, 6.07) is 22.4. The molecule has 0 saturated heterocycles. The normalized spacial score (nSPS) is 10.4. The number of amides is 1. The van der Waals surface area contributed by atoms with E-state index in [-0.39, 0.29) is 11.1 Å². The van der Waals surface area contributed by atoms with Gasteiger partial charge >= 0.3 is 0 Å². The van der Waals surface area contributed by atoms with Crippen molar-refractivity contribution in [2.45, 2.75) is 6.61 Å². The number of para-hydroxylation sites is 1. The zero-order chi connectivity index (χ0) is 19.8. The Hall–Kier alpha value is -3.98. The number of nitrogens with zero attached hydrogens (tertiary/aromatic N) is 2. The van der Waals surface area contributed by atoms with Gasteiger partial charge in [0.15, 0.2) is 0 Å². The zero-order valence-corrected chi connectivity index (χ0v) is 14.8. The van der Waals surface area contributed by atoms with Crippen molar-refractivity contribution in [1.29, 1.82) is 5.26 Å². The molecule has 0 saturated carbocycles. The molecule has 6 heteroatoms. The van der Waals surface area contributed by atoms with Crippen LogP contribution in [0.1, 0.15) is 27.0 Å². The second-order valence-corrected chi connectivity index (χ2v) is 5.82. The summed E-state index contributed by atoms with van der Waals surface area (Å²) in [5.74, 6) is -0.881. The van der Waals surface area contributed by atoms with Gasteiger partial charge in [0.2, 0.25) is 0 Å². The van der Waals surface area contributed by atoms with Gasteiger partial charge in [-0.15, -0.1) is 0 Å². The molecule has 0 aromatic heterocycles. The average molecular weight is 373 g/mol. The predicted molar refractivity (Wildman–Crippen MR) is 103 cm³/mol. The van der Waals surface area contributed by atoms with Crippen LogP contribution in [0, 0.1) is 17.1 Å². The van der Waals surface area contributed by atoms with E-state index in [9.17, 15) is 9.18 Å². The first-order chi connectivity index (χ1) is 13.7. The van der Waals surface area contributed by atoms with Crippen molar-refractivity contribution in [1.82, 2.24) is 5.43 Å². The number of carbonyl (C=O) groups is 1. The monoisotopic (exact) mass is 373 g/mol. The van der Waals surface area contributed by atoms with Crippen LogP contribution in [-0.4, -0.2) is 12.1 Å². The summed E-state index contributed by atoms with van der Waals surface area (Å²) in [5.41, 5.74) is 3.92. The van der Waals surface area contributed by atoms with Crippen molar-refractivity contribution in [2.24, 2.45) is 5.10 Å². The van der Waals surface area contributed by atoms with Gasteiger partial charge in [0, 0.05) is 5.56 Å². The Morgan fingerprint density at radius 3 is 2.61 bits per heavy atom. The molecule has 3 rings (SSSR count). The standard InChI is InChI=1S/C22H16FN3O2/c23-20-12-17(13-24)10-11-19(20)22(27)26-25-14-18-8-4-5-9-21(18)28-15-16-6-2-1-3-7-16/h1-12,14H,15H2,(H,26,27)/b25-14-. The van der Waals surface area contributed by atoms with Gasteiger partial charge < -0.3 is 4.74 Å². The van der Waals surface area contributed by atoms with E-state index in [1.54, 1.807) is 12.1 Å². The molecule has 138 valence electrons. The van der Waals surface area contributed by atoms with Gasteiger partial charge in [0.05, 0.1) is 23.4 Å². The molecule has 3 aromatic carbocycles. The lowest BCUT2D eigenvalue weighted by atomic mass is 10.1. The highest BCUT2D eigenvalue weighted by molar-refractivity contribution is 5.95. The third kappa shape index (κ3) is 4.80. The van der Waals surface area contributed by atoms with Gasteiger partial charge in [0.25, 0.3) is 5.91 Å². The molecule has 0 aliphatic carbocycles. The third-order valence-electron chi connectivity index (χ3n) is 3.87. The Bertz CT molecular complexity index is 1040. The summed E-state index contributed by atoms with van der Waals surface area (Å²) >= 11 is 0. The molecule has 0 spiro atoms. The average Bonchev–Trinajstić information content (AvgIpc) is 2.73. The summed E-state index contributed by atoms with van der Waals surface area (Å²) < 4.78 is 19.7. The summed E-state index contributed by atoms with van der Waals surface area (Å²) in [5, 5.41) is 12.6. The van der Waals surface area contributed by atoms with E-state index in [1.807, 2.05) is 48.5 Å². The van der Waals surface area contributed by atoms with Gasteiger partial charge in [-0.05, 0) is 35.9 Å². The fraction of sp³-hybridized carbons (Fsp3) is 0.0455. The first-order valence-corrected chi connectivity index (χ1v) is 8.46. The first-order valence-electron chi connectivity index (χ1n) is 8.46. The van der Waals surface area contributed by atoms with E-state index in [1.165, 1.54) is 18.3 Å². The number of nitrogens with one attached hydrogen (secondary N) is 1. The topological polar surface area (TPSA) is 74.5 Å². The van der Waals surface area contributed by atoms with Crippen LogP contribution in [0.15, 0.2) is 77.9 Å². The van der Waals surface area contributed by atoms with Crippen LogP contribution in [-0.2, 0) is 6.61 Å². The van der Waals surface area contributed by atoms with Gasteiger partial charge in [0.1, 0.15) is 18.2 Å². The van der Waals surface area contributed by atoms with Crippen molar-refractivity contribution >= 4 is 12.1 Å². The molecule has 0 aliphatic rings.